The quantitative estimate of drug-likeness (QED) is 0.677. The summed E-state index contributed by atoms with van der Waals surface area (Å²) >= 11 is 0. The molecule has 0 saturated carbocycles. The molecule has 20 heavy (non-hydrogen) atoms. The minimum absolute atomic E-state index is 0.0477. The van der Waals surface area contributed by atoms with Crippen molar-refractivity contribution >= 4 is 17.9 Å². The van der Waals surface area contributed by atoms with Crippen LogP contribution in [0.3, 0.4) is 0 Å². The summed E-state index contributed by atoms with van der Waals surface area (Å²) in [6, 6.07) is 6.87. The van der Waals surface area contributed by atoms with Gasteiger partial charge in [-0.3, -0.25) is 9.59 Å². The van der Waals surface area contributed by atoms with Gasteiger partial charge in [-0.2, -0.15) is 0 Å². The van der Waals surface area contributed by atoms with Gasteiger partial charge in [0.1, 0.15) is 0 Å². The first-order chi connectivity index (χ1) is 9.56. The zero-order valence-corrected chi connectivity index (χ0v) is 11.7. The van der Waals surface area contributed by atoms with Crippen molar-refractivity contribution in [1.29, 1.82) is 0 Å². The lowest BCUT2D eigenvalue weighted by Crippen LogP contribution is -2.31. The number of rotatable bonds is 6. The van der Waals surface area contributed by atoms with Crippen molar-refractivity contribution < 1.29 is 14.7 Å². The van der Waals surface area contributed by atoms with Gasteiger partial charge in [-0.15, -0.1) is 0 Å². The van der Waals surface area contributed by atoms with Crippen molar-refractivity contribution in [3.8, 4) is 0 Å². The van der Waals surface area contributed by atoms with Gasteiger partial charge in [-0.05, 0) is 37.1 Å². The molecule has 0 heterocycles. The van der Waals surface area contributed by atoms with E-state index >= 15 is 0 Å². The minimum Gasteiger partial charge on any atom is -0.396 e. The highest BCUT2D eigenvalue weighted by atomic mass is 16.3. The van der Waals surface area contributed by atoms with Crippen molar-refractivity contribution in [2.75, 3.05) is 13.7 Å². The van der Waals surface area contributed by atoms with Gasteiger partial charge in [0, 0.05) is 31.3 Å². The molecule has 0 spiro atoms. The van der Waals surface area contributed by atoms with Gasteiger partial charge in [0.25, 0.3) is 5.91 Å². The van der Waals surface area contributed by atoms with Crippen LogP contribution < -0.4 is 10.6 Å². The Morgan fingerprint density at radius 2 is 1.95 bits per heavy atom. The third kappa shape index (κ3) is 5.24. The van der Waals surface area contributed by atoms with E-state index in [1.54, 1.807) is 37.4 Å². The van der Waals surface area contributed by atoms with Gasteiger partial charge in [0.05, 0.1) is 0 Å². The molecule has 3 N–H and O–H groups in total. The fraction of sp³-hybridized carbons (Fsp3) is 0.333. The van der Waals surface area contributed by atoms with Crippen LogP contribution in [0.5, 0.6) is 0 Å². The molecule has 0 aromatic heterocycles. The number of aliphatic hydroxyl groups is 1. The van der Waals surface area contributed by atoms with Crippen LogP contribution in [0.15, 0.2) is 30.3 Å². The van der Waals surface area contributed by atoms with E-state index in [2.05, 4.69) is 10.6 Å². The van der Waals surface area contributed by atoms with Crippen LogP contribution in [-0.2, 0) is 4.79 Å². The van der Waals surface area contributed by atoms with E-state index in [-0.39, 0.29) is 24.5 Å². The lowest BCUT2D eigenvalue weighted by molar-refractivity contribution is -0.117. The molecule has 1 aromatic rings. The Morgan fingerprint density at radius 1 is 1.30 bits per heavy atom. The number of amides is 2. The fourth-order valence-corrected chi connectivity index (χ4v) is 1.62. The highest BCUT2D eigenvalue weighted by molar-refractivity contribution is 5.94. The number of nitrogens with one attached hydrogen (secondary N) is 2. The van der Waals surface area contributed by atoms with Crippen LogP contribution in [0.1, 0.15) is 29.3 Å². The van der Waals surface area contributed by atoms with E-state index in [1.807, 2.05) is 6.92 Å². The SMILES string of the molecule is CNC(=O)c1ccc(/C=C/C(=O)N[C@H](C)CCO)cc1. The van der Waals surface area contributed by atoms with Crippen molar-refractivity contribution in [3.63, 3.8) is 0 Å². The summed E-state index contributed by atoms with van der Waals surface area (Å²) in [5.41, 5.74) is 1.41. The van der Waals surface area contributed by atoms with E-state index in [4.69, 9.17) is 5.11 Å². The van der Waals surface area contributed by atoms with Gasteiger partial charge < -0.3 is 15.7 Å². The highest BCUT2D eigenvalue weighted by Gasteiger charge is 2.04. The molecule has 1 atom stereocenters. The molecule has 0 saturated heterocycles. The number of aliphatic hydroxyl groups excluding tert-OH is 1. The second-order valence-corrected chi connectivity index (χ2v) is 4.46. The van der Waals surface area contributed by atoms with Gasteiger partial charge in [-0.25, -0.2) is 0 Å². The van der Waals surface area contributed by atoms with Gasteiger partial charge >= 0.3 is 0 Å². The fourth-order valence-electron chi connectivity index (χ4n) is 1.62. The van der Waals surface area contributed by atoms with Gasteiger partial charge in [-0.1, -0.05) is 12.1 Å². The molecule has 5 nitrogen and oxygen atoms in total. The van der Waals surface area contributed by atoms with Crippen LogP contribution >= 0.6 is 0 Å². The first-order valence-corrected chi connectivity index (χ1v) is 6.48. The van der Waals surface area contributed by atoms with Crippen molar-refractivity contribution in [2.45, 2.75) is 19.4 Å². The summed E-state index contributed by atoms with van der Waals surface area (Å²) < 4.78 is 0. The van der Waals surface area contributed by atoms with E-state index in [1.165, 1.54) is 6.08 Å². The maximum atomic E-state index is 11.6. The molecule has 108 valence electrons. The molecule has 0 radical (unpaired) electrons. The summed E-state index contributed by atoms with van der Waals surface area (Å²) in [4.78, 5) is 22.9. The molecule has 1 aromatic carbocycles. The zero-order chi connectivity index (χ0) is 15.0. The van der Waals surface area contributed by atoms with E-state index in [0.29, 0.717) is 12.0 Å². The molecular weight excluding hydrogens is 256 g/mol. The van der Waals surface area contributed by atoms with Crippen molar-refractivity contribution in [3.05, 3.63) is 41.5 Å². The molecule has 0 aliphatic rings. The average Bonchev–Trinajstić information content (AvgIpc) is 2.45. The van der Waals surface area contributed by atoms with Crippen molar-refractivity contribution in [1.82, 2.24) is 10.6 Å². The molecule has 5 heteroatoms. The van der Waals surface area contributed by atoms with Gasteiger partial charge in [0.2, 0.25) is 5.91 Å². The largest absolute Gasteiger partial charge is 0.396 e. The maximum absolute atomic E-state index is 11.6. The third-order valence-electron chi connectivity index (χ3n) is 2.78. The van der Waals surface area contributed by atoms with E-state index in [0.717, 1.165) is 5.56 Å². The summed E-state index contributed by atoms with van der Waals surface area (Å²) in [7, 11) is 1.58. The monoisotopic (exact) mass is 276 g/mol. The van der Waals surface area contributed by atoms with Gasteiger partial charge in [0.15, 0.2) is 0 Å². The molecule has 0 unspecified atom stereocenters. The first kappa shape index (κ1) is 15.9. The molecule has 0 bridgehead atoms. The molecule has 0 aliphatic heterocycles. The maximum Gasteiger partial charge on any atom is 0.251 e. The summed E-state index contributed by atoms with van der Waals surface area (Å²) in [5, 5.41) is 14.0. The predicted octanol–water partition coefficient (Wildman–Crippen LogP) is 0.946. The number of benzene rings is 1. The topological polar surface area (TPSA) is 78.4 Å². The third-order valence-corrected chi connectivity index (χ3v) is 2.78. The predicted molar refractivity (Wildman–Crippen MR) is 78.2 cm³/mol. The second kappa shape index (κ2) is 8.12. The highest BCUT2D eigenvalue weighted by Crippen LogP contribution is 2.06. The van der Waals surface area contributed by atoms with Crippen LogP contribution in [0, 0.1) is 0 Å². The normalized spacial score (nSPS) is 12.2. The van der Waals surface area contributed by atoms with E-state index < -0.39 is 0 Å². The average molecular weight is 276 g/mol. The zero-order valence-electron chi connectivity index (χ0n) is 11.7. The smallest absolute Gasteiger partial charge is 0.251 e. The molecule has 0 fully saturated rings. The molecule has 0 aliphatic carbocycles. The number of carbonyl (C=O) groups excluding carboxylic acids is 2. The molecular formula is C15H20N2O3. The Morgan fingerprint density at radius 3 is 2.50 bits per heavy atom. The van der Waals surface area contributed by atoms with Crippen LogP contribution in [0.2, 0.25) is 0 Å². The molecule has 1 rings (SSSR count). The van der Waals surface area contributed by atoms with E-state index in [9.17, 15) is 9.59 Å². The molecule has 2 amide bonds. The summed E-state index contributed by atoms with van der Waals surface area (Å²) in [6.07, 6.45) is 3.64. The Kier molecular flexibility index (Phi) is 6.46. The van der Waals surface area contributed by atoms with Crippen LogP contribution in [-0.4, -0.2) is 36.6 Å². The number of hydrogen-bond acceptors (Lipinski definition) is 3. The Labute approximate surface area is 118 Å². The minimum atomic E-state index is -0.207. The number of hydrogen-bond donors (Lipinski definition) is 3. The second-order valence-electron chi connectivity index (χ2n) is 4.46. The van der Waals surface area contributed by atoms with Crippen LogP contribution in [0.25, 0.3) is 6.08 Å². The Bertz CT molecular complexity index is 480. The first-order valence-electron chi connectivity index (χ1n) is 6.48. The van der Waals surface area contributed by atoms with Crippen LogP contribution in [0.4, 0.5) is 0 Å². The Hall–Kier alpha value is -2.14. The lowest BCUT2D eigenvalue weighted by Gasteiger charge is -2.09. The number of carbonyl (C=O) groups is 2. The Balaban J connectivity index is 2.57. The van der Waals surface area contributed by atoms with Crippen molar-refractivity contribution in [2.24, 2.45) is 0 Å². The standard InChI is InChI=1S/C15H20N2O3/c1-11(9-10-18)17-14(19)8-5-12-3-6-13(7-4-12)15(20)16-2/h3-8,11,18H,9-10H2,1-2H3,(H,16,20)(H,17,19)/b8-5+/t11-/m1/s1. The summed E-state index contributed by atoms with van der Waals surface area (Å²) in [5.74, 6) is -0.350. The lowest BCUT2D eigenvalue weighted by atomic mass is 10.1. The summed E-state index contributed by atoms with van der Waals surface area (Å²) in [6.45, 7) is 1.88.